The number of imidazole rings is 1. The lowest BCUT2D eigenvalue weighted by molar-refractivity contribution is -0.137. The first-order valence-electron chi connectivity index (χ1n) is 17.5. The van der Waals surface area contributed by atoms with Crippen LogP contribution in [-0.2, 0) is 50.7 Å². The van der Waals surface area contributed by atoms with Crippen LogP contribution in [-0.4, -0.2) is 142 Å². The van der Waals surface area contributed by atoms with Crippen molar-refractivity contribution < 1.29 is 80.5 Å². The number of aromatic nitrogens is 4. The highest BCUT2D eigenvalue weighted by atomic mass is 32.2. The van der Waals surface area contributed by atoms with Gasteiger partial charge in [0.1, 0.15) is 36.3 Å². The van der Waals surface area contributed by atoms with Gasteiger partial charge in [-0.2, -0.15) is 16.1 Å². The zero-order valence-electron chi connectivity index (χ0n) is 31.4. The molecule has 0 spiro atoms. The minimum atomic E-state index is -5.57. The third-order valence-electron chi connectivity index (χ3n) is 8.08. The van der Waals surface area contributed by atoms with E-state index in [1.807, 2.05) is 0 Å². The summed E-state index contributed by atoms with van der Waals surface area (Å²) < 4.78 is 62.1. The Labute approximate surface area is 335 Å². The number of nitrogen functional groups attached to an aromatic ring is 1. The molecule has 2 unspecified atom stereocenters. The van der Waals surface area contributed by atoms with Crippen molar-refractivity contribution in [1.29, 1.82) is 0 Å². The molecule has 3 amide bonds. The number of anilines is 1. The maximum Gasteiger partial charge on any atom is 0.481 e. The normalized spacial score (nSPS) is 21.3. The van der Waals surface area contributed by atoms with Crippen LogP contribution >= 0.6 is 35.2 Å². The van der Waals surface area contributed by atoms with Gasteiger partial charge in [0.25, 0.3) is 0 Å². The molecule has 1 fully saturated rings. The maximum absolute atomic E-state index is 12.7. The fraction of sp³-hybridized carbons (Fsp3) is 0.714. The second-order valence-corrected chi connectivity index (χ2v) is 18.7. The van der Waals surface area contributed by atoms with Crippen molar-refractivity contribution >= 4 is 69.9 Å². The number of rotatable bonds is 26. The van der Waals surface area contributed by atoms with Gasteiger partial charge in [-0.1, -0.05) is 20.3 Å². The first kappa shape index (κ1) is 49.7. The Kier molecular flexibility index (Phi) is 19.1. The molecule has 1 saturated heterocycles. The van der Waals surface area contributed by atoms with Crippen molar-refractivity contribution in [2.75, 3.05) is 56.6 Å². The van der Waals surface area contributed by atoms with Gasteiger partial charge >= 0.3 is 23.5 Å². The fourth-order valence-corrected chi connectivity index (χ4v) is 8.60. The Balaban J connectivity index is 1.43. The summed E-state index contributed by atoms with van der Waals surface area (Å²) in [6, 6.07) is 0. The number of nitrogens with two attached hydrogens (primary N) is 2. The van der Waals surface area contributed by atoms with Gasteiger partial charge in [-0.15, -0.1) is 0 Å². The highest BCUT2D eigenvalue weighted by Crippen LogP contribution is 2.61. The molecule has 3 heterocycles. The van der Waals surface area contributed by atoms with Gasteiger partial charge < -0.3 is 61.9 Å². The van der Waals surface area contributed by atoms with Crippen LogP contribution in [0.3, 0.4) is 0 Å². The van der Waals surface area contributed by atoms with Crippen LogP contribution in [0.1, 0.15) is 45.8 Å². The second-order valence-electron chi connectivity index (χ2n) is 13.3. The number of nitrogens with zero attached hydrogens (tertiary/aromatic N) is 4. The Morgan fingerprint density at radius 2 is 1.67 bits per heavy atom. The molecule has 30 heteroatoms. The number of ether oxygens (including phenoxy) is 1. The highest BCUT2D eigenvalue weighted by molar-refractivity contribution is 7.99. The number of carbonyl (C=O) groups is 3. The lowest BCUT2D eigenvalue weighted by atomic mass is 9.87. The number of nitrogens with one attached hydrogen (secondary N) is 3. The van der Waals surface area contributed by atoms with Crippen molar-refractivity contribution in [3.8, 4) is 0 Å². The molecule has 0 saturated carbocycles. The van der Waals surface area contributed by atoms with E-state index in [4.69, 9.17) is 25.3 Å². The number of thioether (sulfide) groups is 1. The summed E-state index contributed by atoms with van der Waals surface area (Å²) in [6.45, 7) is 1.75. The molecular weight excluding hydrogens is 859 g/mol. The summed E-state index contributed by atoms with van der Waals surface area (Å²) in [5, 5.41) is 29.2. The molecular formula is C28H50N9O17P3S. The SMILES string of the molecule is CC(C)(COP(=O)(O)OP(=O)(O)OC[C@H]1O[C@@H](n2cnc3c(N)ncnc32)[C@H](O)[C@@H]1OP(=O)(O)O)[C@@H](O)C(=O)NCCC(=O)NCCSCC(=O)NCCCCCN. The zero-order chi connectivity index (χ0) is 43.3. The molecule has 1 aliphatic heterocycles. The number of carbonyl (C=O) groups excluding carboxylic acids is 3. The van der Waals surface area contributed by atoms with Gasteiger partial charge in [-0.05, 0) is 19.4 Å². The topological polar surface area (TPSA) is 402 Å². The summed E-state index contributed by atoms with van der Waals surface area (Å²) in [7, 11) is -16.4. The molecule has 26 nitrogen and oxygen atoms in total. The largest absolute Gasteiger partial charge is 0.481 e. The van der Waals surface area contributed by atoms with Crippen LogP contribution in [0.25, 0.3) is 11.2 Å². The van der Waals surface area contributed by atoms with Crippen LogP contribution < -0.4 is 27.4 Å². The van der Waals surface area contributed by atoms with Crippen molar-refractivity contribution in [2.24, 2.45) is 11.1 Å². The third kappa shape index (κ3) is 16.1. The molecule has 1 aliphatic rings. The Hall–Kier alpha value is -2.68. The predicted octanol–water partition coefficient (Wildman–Crippen LogP) is -1.62. The van der Waals surface area contributed by atoms with Gasteiger partial charge in [0, 0.05) is 37.2 Å². The first-order chi connectivity index (χ1) is 27.1. The van der Waals surface area contributed by atoms with Crippen LogP contribution in [0.15, 0.2) is 12.7 Å². The number of unbranched alkanes of at least 4 members (excludes halogenated alkanes) is 2. The van der Waals surface area contributed by atoms with Gasteiger partial charge in [-0.25, -0.2) is 28.6 Å². The minimum absolute atomic E-state index is 0.0299. The van der Waals surface area contributed by atoms with Crippen LogP contribution in [0, 0.1) is 5.41 Å². The predicted molar refractivity (Wildman–Crippen MR) is 203 cm³/mol. The number of hydrogen-bond donors (Lipinski definition) is 11. The standard InChI is InChI=1S/C28H50N9O17P3S/c1-28(2,23(41)26(42)33-9-6-18(38)32-10-11-58-13-19(39)31-8-5-3-4-7-29)14-51-57(48,49)54-56(46,47)50-12-17-22(53-55(43,44)45)21(40)27(52-17)37-16-36-20-24(30)34-15-35-25(20)37/h15-17,21-23,27,40-41H,3-14,29H2,1-2H3,(H,31,39)(H,32,38)(H,33,42)(H,46,47)(H,48,49)(H2,30,34,35)(H2,43,44,45)/t17-,21-,22-,23+,27-/m1/s1. The number of phosphoric ester groups is 3. The van der Waals surface area contributed by atoms with Crippen molar-refractivity contribution in [1.82, 2.24) is 35.5 Å². The Bertz CT molecular complexity index is 1840. The van der Waals surface area contributed by atoms with Crippen LogP contribution in [0.2, 0.25) is 0 Å². The third-order valence-corrected chi connectivity index (χ3v) is 12.1. The second kappa shape index (κ2) is 22.2. The molecule has 0 radical (unpaired) electrons. The van der Waals surface area contributed by atoms with E-state index in [0.717, 1.165) is 36.5 Å². The molecule has 13 N–H and O–H groups in total. The Morgan fingerprint density at radius 3 is 2.36 bits per heavy atom. The van der Waals surface area contributed by atoms with E-state index in [1.54, 1.807) is 0 Å². The average Bonchev–Trinajstić information content (AvgIpc) is 3.69. The molecule has 0 aromatic carbocycles. The monoisotopic (exact) mass is 909 g/mol. The van der Waals surface area contributed by atoms with E-state index < -0.39 is 84.6 Å². The fourth-order valence-electron chi connectivity index (χ4n) is 5.09. The van der Waals surface area contributed by atoms with Gasteiger partial charge in [0.2, 0.25) is 17.7 Å². The lowest BCUT2D eigenvalue weighted by Crippen LogP contribution is -2.46. The minimum Gasteiger partial charge on any atom is -0.386 e. The molecule has 0 aliphatic carbocycles. The van der Waals surface area contributed by atoms with Gasteiger partial charge in [0.15, 0.2) is 17.7 Å². The summed E-state index contributed by atoms with van der Waals surface area (Å²) in [6.07, 6.45) is -4.23. The summed E-state index contributed by atoms with van der Waals surface area (Å²) in [5.74, 6) is -0.847. The number of phosphoric acid groups is 3. The number of fused-ring (bicyclic) bond motifs is 1. The van der Waals surface area contributed by atoms with Crippen molar-refractivity contribution in [3.63, 3.8) is 0 Å². The van der Waals surface area contributed by atoms with Gasteiger partial charge in [0.05, 0.1) is 25.3 Å². The van der Waals surface area contributed by atoms with Gasteiger partial charge in [-0.3, -0.25) is 32.5 Å². The highest BCUT2D eigenvalue weighted by Gasteiger charge is 2.50. The molecule has 330 valence electrons. The first-order valence-corrected chi connectivity index (χ1v) is 23.2. The number of aliphatic hydroxyl groups is 2. The molecule has 0 bridgehead atoms. The van der Waals surface area contributed by atoms with Crippen LogP contribution in [0.5, 0.6) is 0 Å². The van der Waals surface area contributed by atoms with Crippen molar-refractivity contribution in [2.45, 2.75) is 70.2 Å². The van der Waals surface area contributed by atoms with Crippen LogP contribution in [0.4, 0.5) is 5.82 Å². The number of hydrogen-bond acceptors (Lipinski definition) is 19. The zero-order valence-corrected chi connectivity index (χ0v) is 34.9. The van der Waals surface area contributed by atoms with Crippen molar-refractivity contribution in [3.05, 3.63) is 12.7 Å². The molecule has 7 atom stereocenters. The molecule has 3 rings (SSSR count). The van der Waals surface area contributed by atoms with E-state index in [0.29, 0.717) is 18.8 Å². The van der Waals surface area contributed by atoms with E-state index in [-0.39, 0.29) is 48.2 Å². The van der Waals surface area contributed by atoms with E-state index in [2.05, 4.69) is 39.7 Å². The smallest absolute Gasteiger partial charge is 0.386 e. The summed E-state index contributed by atoms with van der Waals surface area (Å²) >= 11 is 1.33. The molecule has 58 heavy (non-hydrogen) atoms. The number of aliphatic hydroxyl groups excluding tert-OH is 2. The molecule has 2 aromatic heterocycles. The number of amides is 3. The van der Waals surface area contributed by atoms with E-state index in [1.165, 1.54) is 25.6 Å². The lowest BCUT2D eigenvalue weighted by Gasteiger charge is -2.30. The maximum atomic E-state index is 12.7. The van der Waals surface area contributed by atoms with E-state index in [9.17, 15) is 57.9 Å². The summed E-state index contributed by atoms with van der Waals surface area (Å²) in [5.41, 5.74) is 9.69. The Morgan fingerprint density at radius 1 is 0.983 bits per heavy atom. The summed E-state index contributed by atoms with van der Waals surface area (Å²) in [4.78, 5) is 87.5. The quantitative estimate of drug-likeness (QED) is 0.0373. The average molecular weight is 910 g/mol. The van der Waals surface area contributed by atoms with E-state index >= 15 is 0 Å². The molecule has 2 aromatic rings.